The molecule has 0 aliphatic heterocycles. The van der Waals surface area contributed by atoms with Crippen molar-refractivity contribution >= 4 is 11.8 Å². The Morgan fingerprint density at radius 3 is 2.88 bits per heavy atom. The first-order valence-electron chi connectivity index (χ1n) is 5.93. The minimum atomic E-state index is -0.204. The van der Waals surface area contributed by atoms with Crippen LogP contribution in [0, 0.1) is 11.8 Å². The summed E-state index contributed by atoms with van der Waals surface area (Å²) in [5.74, 6) is 0.308. The number of allylic oxidation sites excluding steroid dienone is 2. The summed E-state index contributed by atoms with van der Waals surface area (Å²) in [5.41, 5.74) is 0. The van der Waals surface area contributed by atoms with Crippen molar-refractivity contribution in [2.45, 2.75) is 39.0 Å². The van der Waals surface area contributed by atoms with Gasteiger partial charge in [-0.3, -0.25) is 9.59 Å². The molecule has 0 heterocycles. The average molecular weight is 224 g/mol. The molecule has 1 unspecified atom stereocenters. The first-order valence-corrected chi connectivity index (χ1v) is 5.93. The average Bonchev–Trinajstić information content (AvgIpc) is 2.61. The highest BCUT2D eigenvalue weighted by atomic mass is 16.5. The van der Waals surface area contributed by atoms with Crippen molar-refractivity contribution in [1.29, 1.82) is 0 Å². The quantitative estimate of drug-likeness (QED) is 0.532. The monoisotopic (exact) mass is 224 g/mol. The SMILES string of the molecule is CC/C=C/CC1C(=O)CC[C@H]1CC(=O)OC. The number of carbonyl (C=O) groups is 2. The molecule has 0 spiro atoms. The van der Waals surface area contributed by atoms with Crippen LogP contribution in [0.2, 0.25) is 0 Å². The number of methoxy groups -OCH3 is 1. The normalized spacial score (nSPS) is 25.2. The number of hydrogen-bond acceptors (Lipinski definition) is 3. The molecule has 0 saturated heterocycles. The van der Waals surface area contributed by atoms with E-state index in [2.05, 4.69) is 23.8 Å². The molecule has 0 amide bonds. The Morgan fingerprint density at radius 2 is 2.25 bits per heavy atom. The van der Waals surface area contributed by atoms with Crippen molar-refractivity contribution in [3.63, 3.8) is 0 Å². The maximum atomic E-state index is 11.7. The fraction of sp³-hybridized carbons (Fsp3) is 0.692. The molecule has 3 heteroatoms. The highest BCUT2D eigenvalue weighted by molar-refractivity contribution is 5.84. The molecule has 1 rings (SSSR count). The van der Waals surface area contributed by atoms with Crippen LogP contribution in [0.4, 0.5) is 0 Å². The second-order valence-electron chi connectivity index (χ2n) is 4.27. The van der Waals surface area contributed by atoms with E-state index < -0.39 is 0 Å². The lowest BCUT2D eigenvalue weighted by Gasteiger charge is -2.15. The second-order valence-corrected chi connectivity index (χ2v) is 4.27. The van der Waals surface area contributed by atoms with Gasteiger partial charge in [-0.25, -0.2) is 0 Å². The lowest BCUT2D eigenvalue weighted by atomic mass is 9.89. The number of carbonyl (C=O) groups excluding carboxylic acids is 2. The van der Waals surface area contributed by atoms with Gasteiger partial charge in [0.05, 0.1) is 7.11 Å². The molecular weight excluding hydrogens is 204 g/mol. The predicted octanol–water partition coefficient (Wildman–Crippen LogP) is 2.50. The van der Waals surface area contributed by atoms with Gasteiger partial charge in [-0.15, -0.1) is 0 Å². The van der Waals surface area contributed by atoms with Crippen LogP contribution >= 0.6 is 0 Å². The largest absolute Gasteiger partial charge is 0.469 e. The van der Waals surface area contributed by atoms with Crippen LogP contribution in [0.15, 0.2) is 12.2 Å². The third-order valence-electron chi connectivity index (χ3n) is 3.19. The van der Waals surface area contributed by atoms with Gasteiger partial charge >= 0.3 is 5.97 Å². The molecule has 1 aliphatic carbocycles. The standard InChI is InChI=1S/C13H20O3/c1-3-4-5-6-11-10(7-8-12(11)14)9-13(15)16-2/h4-5,10-11H,3,6-9H2,1-2H3/b5-4+/t10-,11?/m0/s1. The van der Waals surface area contributed by atoms with Crippen LogP contribution in [0.25, 0.3) is 0 Å². The Morgan fingerprint density at radius 1 is 1.50 bits per heavy atom. The molecule has 0 N–H and O–H groups in total. The van der Waals surface area contributed by atoms with Gasteiger partial charge < -0.3 is 4.74 Å². The number of Topliss-reactive ketones (excluding diaryl/α,β-unsaturated/α-hetero) is 1. The van der Waals surface area contributed by atoms with Crippen molar-refractivity contribution in [3.8, 4) is 0 Å². The highest BCUT2D eigenvalue weighted by Crippen LogP contribution is 2.34. The number of rotatable bonds is 5. The van der Waals surface area contributed by atoms with E-state index in [1.54, 1.807) is 0 Å². The third-order valence-corrected chi connectivity index (χ3v) is 3.19. The van der Waals surface area contributed by atoms with E-state index >= 15 is 0 Å². The number of esters is 1. The van der Waals surface area contributed by atoms with Crippen LogP contribution in [-0.4, -0.2) is 18.9 Å². The Bertz CT molecular complexity index is 281. The first kappa shape index (κ1) is 12.9. The Labute approximate surface area is 96.9 Å². The number of hydrogen-bond donors (Lipinski definition) is 0. The zero-order chi connectivity index (χ0) is 12.0. The summed E-state index contributed by atoms with van der Waals surface area (Å²) in [6.07, 6.45) is 7.72. The summed E-state index contributed by atoms with van der Waals surface area (Å²) >= 11 is 0. The zero-order valence-electron chi connectivity index (χ0n) is 10.1. The van der Waals surface area contributed by atoms with Crippen LogP contribution in [-0.2, 0) is 14.3 Å². The molecule has 1 fully saturated rings. The summed E-state index contributed by atoms with van der Waals surface area (Å²) in [5, 5.41) is 0. The van der Waals surface area contributed by atoms with E-state index in [1.165, 1.54) is 7.11 Å². The Hall–Kier alpha value is -1.12. The van der Waals surface area contributed by atoms with E-state index in [4.69, 9.17) is 0 Å². The molecule has 2 atom stereocenters. The lowest BCUT2D eigenvalue weighted by Crippen LogP contribution is -2.18. The van der Waals surface area contributed by atoms with Gasteiger partial charge in [0, 0.05) is 18.8 Å². The fourth-order valence-electron chi connectivity index (χ4n) is 2.25. The zero-order valence-corrected chi connectivity index (χ0v) is 10.1. The Kier molecular flexibility index (Phi) is 5.23. The summed E-state index contributed by atoms with van der Waals surface area (Å²) in [6.45, 7) is 2.07. The summed E-state index contributed by atoms with van der Waals surface area (Å²) in [6, 6.07) is 0. The highest BCUT2D eigenvalue weighted by Gasteiger charge is 2.34. The molecule has 0 aromatic rings. The fourth-order valence-corrected chi connectivity index (χ4v) is 2.25. The van der Waals surface area contributed by atoms with Crippen LogP contribution in [0.3, 0.4) is 0 Å². The molecule has 1 saturated carbocycles. The van der Waals surface area contributed by atoms with Gasteiger partial charge in [0.15, 0.2) is 0 Å². The Balaban J connectivity index is 2.52. The van der Waals surface area contributed by atoms with Gasteiger partial charge in [0.1, 0.15) is 5.78 Å². The molecule has 0 bridgehead atoms. The lowest BCUT2D eigenvalue weighted by molar-refractivity contribution is -0.142. The van der Waals surface area contributed by atoms with E-state index in [1.807, 2.05) is 0 Å². The van der Waals surface area contributed by atoms with Crippen molar-refractivity contribution < 1.29 is 14.3 Å². The van der Waals surface area contributed by atoms with E-state index in [9.17, 15) is 9.59 Å². The minimum absolute atomic E-state index is 0.0295. The van der Waals surface area contributed by atoms with Gasteiger partial charge in [-0.2, -0.15) is 0 Å². The molecular formula is C13H20O3. The van der Waals surface area contributed by atoms with E-state index in [0.29, 0.717) is 18.6 Å². The van der Waals surface area contributed by atoms with Crippen LogP contribution < -0.4 is 0 Å². The molecule has 1 aliphatic rings. The summed E-state index contributed by atoms with van der Waals surface area (Å²) in [7, 11) is 1.39. The first-order chi connectivity index (χ1) is 7.69. The molecule has 0 radical (unpaired) electrons. The predicted molar refractivity (Wildman–Crippen MR) is 61.9 cm³/mol. The van der Waals surface area contributed by atoms with E-state index in [0.717, 1.165) is 19.3 Å². The van der Waals surface area contributed by atoms with Gasteiger partial charge in [0.2, 0.25) is 0 Å². The summed E-state index contributed by atoms with van der Waals surface area (Å²) in [4.78, 5) is 22.9. The van der Waals surface area contributed by atoms with Gasteiger partial charge in [0.25, 0.3) is 0 Å². The number of ether oxygens (including phenoxy) is 1. The summed E-state index contributed by atoms with van der Waals surface area (Å²) < 4.78 is 4.65. The van der Waals surface area contributed by atoms with Crippen LogP contribution in [0.1, 0.15) is 39.0 Å². The molecule has 16 heavy (non-hydrogen) atoms. The number of ketones is 1. The molecule has 3 nitrogen and oxygen atoms in total. The maximum Gasteiger partial charge on any atom is 0.305 e. The van der Waals surface area contributed by atoms with Crippen molar-refractivity contribution in [1.82, 2.24) is 0 Å². The molecule has 0 aromatic carbocycles. The molecule has 90 valence electrons. The van der Waals surface area contributed by atoms with Gasteiger partial charge in [-0.05, 0) is 25.2 Å². The third kappa shape index (κ3) is 3.47. The molecule has 0 aromatic heterocycles. The minimum Gasteiger partial charge on any atom is -0.469 e. The van der Waals surface area contributed by atoms with Crippen molar-refractivity contribution in [3.05, 3.63) is 12.2 Å². The topological polar surface area (TPSA) is 43.4 Å². The van der Waals surface area contributed by atoms with Gasteiger partial charge in [-0.1, -0.05) is 19.1 Å². The smallest absolute Gasteiger partial charge is 0.305 e. The second kappa shape index (κ2) is 6.46. The van der Waals surface area contributed by atoms with Crippen LogP contribution in [0.5, 0.6) is 0 Å². The van der Waals surface area contributed by atoms with E-state index in [-0.39, 0.29) is 17.8 Å². The van der Waals surface area contributed by atoms with Crippen molar-refractivity contribution in [2.75, 3.05) is 7.11 Å². The van der Waals surface area contributed by atoms with Crippen molar-refractivity contribution in [2.24, 2.45) is 11.8 Å². The maximum absolute atomic E-state index is 11.7.